The van der Waals surface area contributed by atoms with Crippen LogP contribution in [0.2, 0.25) is 5.02 Å². The minimum absolute atomic E-state index is 0.101. The molecule has 1 fully saturated rings. The van der Waals surface area contributed by atoms with E-state index in [9.17, 15) is 15.0 Å². The van der Waals surface area contributed by atoms with E-state index in [1.165, 1.54) is 12.1 Å². The number of carbonyl (C=O) groups excluding carboxylic acids is 1. The van der Waals surface area contributed by atoms with Gasteiger partial charge in [0.15, 0.2) is 0 Å². The first-order valence-corrected chi connectivity index (χ1v) is 6.81. The Bertz CT molecular complexity index is 473. The number of aromatic hydroxyl groups is 1. The van der Waals surface area contributed by atoms with Crippen molar-refractivity contribution in [2.45, 2.75) is 18.9 Å². The second-order valence-electron chi connectivity index (χ2n) is 4.31. The monoisotopic (exact) mass is 333 g/mol. The molecule has 0 unspecified atom stereocenters. The van der Waals surface area contributed by atoms with Crippen molar-refractivity contribution in [2.75, 3.05) is 13.1 Å². The molecular weight excluding hydrogens is 321 g/mol. The molecule has 0 saturated carbocycles. The third kappa shape index (κ3) is 2.79. The van der Waals surface area contributed by atoms with Crippen molar-refractivity contribution in [2.24, 2.45) is 0 Å². The van der Waals surface area contributed by atoms with Crippen molar-refractivity contribution < 1.29 is 15.0 Å². The van der Waals surface area contributed by atoms with Crippen LogP contribution in [0.3, 0.4) is 0 Å². The summed E-state index contributed by atoms with van der Waals surface area (Å²) < 4.78 is 0.399. The number of hydrogen-bond acceptors (Lipinski definition) is 3. The van der Waals surface area contributed by atoms with Crippen LogP contribution in [0.4, 0.5) is 0 Å². The Kier molecular flexibility index (Phi) is 4.14. The van der Waals surface area contributed by atoms with Crippen molar-refractivity contribution in [3.8, 4) is 5.75 Å². The number of benzene rings is 1. The third-order valence-electron chi connectivity index (χ3n) is 3.01. The van der Waals surface area contributed by atoms with Crippen LogP contribution in [0.5, 0.6) is 5.75 Å². The largest absolute Gasteiger partial charge is 0.506 e. The van der Waals surface area contributed by atoms with Gasteiger partial charge >= 0.3 is 0 Å². The Morgan fingerprint density at radius 2 is 2.00 bits per heavy atom. The quantitative estimate of drug-likeness (QED) is 0.829. The number of halogens is 2. The number of amides is 1. The maximum Gasteiger partial charge on any atom is 0.257 e. The Balaban J connectivity index is 2.23. The van der Waals surface area contributed by atoms with Gasteiger partial charge in [0, 0.05) is 18.1 Å². The number of piperidine rings is 1. The average molecular weight is 335 g/mol. The predicted octanol–water partition coefficient (Wildman–Crippen LogP) is 2.40. The molecule has 98 valence electrons. The smallest absolute Gasteiger partial charge is 0.257 e. The minimum Gasteiger partial charge on any atom is -0.506 e. The highest BCUT2D eigenvalue weighted by atomic mass is 79.9. The molecule has 1 aliphatic heterocycles. The van der Waals surface area contributed by atoms with Gasteiger partial charge in [0.1, 0.15) is 5.75 Å². The van der Waals surface area contributed by atoms with Gasteiger partial charge in [-0.2, -0.15) is 0 Å². The number of nitrogens with zero attached hydrogens (tertiary/aromatic N) is 1. The summed E-state index contributed by atoms with van der Waals surface area (Å²) in [6, 6.07) is 2.99. The lowest BCUT2D eigenvalue weighted by atomic mass is 10.1. The fourth-order valence-electron chi connectivity index (χ4n) is 1.97. The summed E-state index contributed by atoms with van der Waals surface area (Å²) >= 11 is 9.03. The Hall–Kier alpha value is -0.780. The molecule has 2 rings (SSSR count). The maximum atomic E-state index is 12.2. The molecule has 0 aromatic heterocycles. The van der Waals surface area contributed by atoms with Crippen LogP contribution in [0, 0.1) is 0 Å². The number of likely N-dealkylation sites (tertiary alicyclic amines) is 1. The first-order valence-electron chi connectivity index (χ1n) is 5.64. The molecule has 0 spiro atoms. The van der Waals surface area contributed by atoms with Crippen molar-refractivity contribution in [1.29, 1.82) is 0 Å². The van der Waals surface area contributed by atoms with Crippen molar-refractivity contribution in [1.82, 2.24) is 4.90 Å². The second kappa shape index (κ2) is 5.47. The van der Waals surface area contributed by atoms with Gasteiger partial charge in [-0.3, -0.25) is 4.79 Å². The zero-order chi connectivity index (χ0) is 13.3. The van der Waals surface area contributed by atoms with Crippen LogP contribution < -0.4 is 0 Å². The number of carbonyl (C=O) groups is 1. The summed E-state index contributed by atoms with van der Waals surface area (Å²) in [4.78, 5) is 13.9. The van der Waals surface area contributed by atoms with Gasteiger partial charge in [0.05, 0.1) is 16.1 Å². The zero-order valence-corrected chi connectivity index (χ0v) is 11.9. The highest BCUT2D eigenvalue weighted by Crippen LogP contribution is 2.32. The predicted molar refractivity (Wildman–Crippen MR) is 72.0 cm³/mol. The number of phenolic OH excluding ortho intramolecular Hbond substituents is 1. The lowest BCUT2D eigenvalue weighted by Gasteiger charge is -2.29. The van der Waals surface area contributed by atoms with Crippen LogP contribution >= 0.6 is 27.5 Å². The first-order chi connectivity index (χ1) is 8.49. The molecule has 0 radical (unpaired) electrons. The van der Waals surface area contributed by atoms with Crippen LogP contribution in [0.1, 0.15) is 23.2 Å². The normalized spacial score (nSPS) is 16.9. The van der Waals surface area contributed by atoms with E-state index >= 15 is 0 Å². The summed E-state index contributed by atoms with van der Waals surface area (Å²) in [6.07, 6.45) is 0.788. The molecule has 4 nitrogen and oxygen atoms in total. The van der Waals surface area contributed by atoms with Crippen LogP contribution in [0.25, 0.3) is 0 Å². The van der Waals surface area contributed by atoms with E-state index < -0.39 is 0 Å². The lowest BCUT2D eigenvalue weighted by molar-refractivity contribution is 0.0544. The van der Waals surface area contributed by atoms with E-state index in [1.807, 2.05) is 0 Å². The number of aliphatic hydroxyl groups excluding tert-OH is 1. The second-order valence-corrected chi connectivity index (χ2v) is 5.60. The third-order valence-corrected chi connectivity index (χ3v) is 3.83. The highest BCUT2D eigenvalue weighted by molar-refractivity contribution is 9.10. The Morgan fingerprint density at radius 3 is 2.61 bits per heavy atom. The maximum absolute atomic E-state index is 12.2. The summed E-state index contributed by atoms with van der Waals surface area (Å²) in [7, 11) is 0. The fourth-order valence-corrected chi connectivity index (χ4v) is 2.78. The highest BCUT2D eigenvalue weighted by Gasteiger charge is 2.25. The fraction of sp³-hybridized carbons (Fsp3) is 0.417. The van der Waals surface area contributed by atoms with Gasteiger partial charge < -0.3 is 15.1 Å². The summed E-state index contributed by atoms with van der Waals surface area (Å²) in [6.45, 7) is 0.979. The van der Waals surface area contributed by atoms with Gasteiger partial charge in [0.2, 0.25) is 0 Å². The number of aliphatic hydroxyl groups is 1. The van der Waals surface area contributed by atoms with E-state index in [0.717, 1.165) is 0 Å². The molecule has 6 heteroatoms. The Labute approximate surface area is 118 Å². The summed E-state index contributed by atoms with van der Waals surface area (Å²) in [5, 5.41) is 19.7. The minimum atomic E-state index is -0.339. The number of phenols is 1. The molecular formula is C12H13BrClNO3. The average Bonchev–Trinajstić information content (AvgIpc) is 2.34. The molecule has 0 aliphatic carbocycles. The van der Waals surface area contributed by atoms with Gasteiger partial charge in [-0.1, -0.05) is 11.6 Å². The van der Waals surface area contributed by atoms with E-state index in [0.29, 0.717) is 35.4 Å². The molecule has 1 amide bonds. The van der Waals surface area contributed by atoms with Gasteiger partial charge in [-0.15, -0.1) is 0 Å². The number of rotatable bonds is 1. The topological polar surface area (TPSA) is 60.8 Å². The van der Waals surface area contributed by atoms with Crippen molar-refractivity contribution in [3.63, 3.8) is 0 Å². The van der Waals surface area contributed by atoms with Gasteiger partial charge in [0.25, 0.3) is 5.91 Å². The Morgan fingerprint density at radius 1 is 1.39 bits per heavy atom. The molecule has 0 atom stereocenters. The zero-order valence-electron chi connectivity index (χ0n) is 9.57. The van der Waals surface area contributed by atoms with Crippen molar-refractivity contribution >= 4 is 33.4 Å². The van der Waals surface area contributed by atoms with Gasteiger partial charge in [-0.25, -0.2) is 0 Å². The van der Waals surface area contributed by atoms with Crippen LogP contribution in [0.15, 0.2) is 16.6 Å². The lowest BCUT2D eigenvalue weighted by Crippen LogP contribution is -2.40. The van der Waals surface area contributed by atoms with E-state index in [-0.39, 0.29) is 23.3 Å². The summed E-state index contributed by atoms with van der Waals surface area (Å²) in [5.41, 5.74) is 0.186. The SMILES string of the molecule is O=C(c1cc(Cl)cc(Br)c1O)N1CCC(O)CC1. The van der Waals surface area contributed by atoms with Gasteiger partial charge in [-0.05, 0) is 40.9 Å². The van der Waals surface area contributed by atoms with E-state index in [4.69, 9.17) is 11.6 Å². The molecule has 1 aromatic carbocycles. The first kappa shape index (κ1) is 13.6. The molecule has 1 aromatic rings. The van der Waals surface area contributed by atoms with E-state index in [2.05, 4.69) is 15.9 Å². The molecule has 1 saturated heterocycles. The standard InChI is InChI=1S/C12H13BrClNO3/c13-10-6-7(14)5-9(11(10)17)12(18)15-3-1-8(16)2-4-15/h5-6,8,16-17H,1-4H2. The molecule has 2 N–H and O–H groups in total. The van der Waals surface area contributed by atoms with Crippen LogP contribution in [-0.2, 0) is 0 Å². The molecule has 1 aliphatic rings. The molecule has 1 heterocycles. The van der Waals surface area contributed by atoms with Crippen molar-refractivity contribution in [3.05, 3.63) is 27.2 Å². The molecule has 0 bridgehead atoms. The van der Waals surface area contributed by atoms with Crippen LogP contribution in [-0.4, -0.2) is 40.2 Å². The van der Waals surface area contributed by atoms with E-state index in [1.54, 1.807) is 4.90 Å². The summed E-state index contributed by atoms with van der Waals surface area (Å²) in [5.74, 6) is -0.363. The number of hydrogen-bond donors (Lipinski definition) is 2. The molecule has 18 heavy (non-hydrogen) atoms.